The summed E-state index contributed by atoms with van der Waals surface area (Å²) in [5.41, 5.74) is 2.74. The molecule has 0 bridgehead atoms. The SMILES string of the molecule is CN(C(=O)Cc1ccc(CNS(=O)(=O)c2ccccc2)cc1)[C@H](CN1CC[C@H](O)C1)c1ccccc1.Cl. The van der Waals surface area contributed by atoms with Gasteiger partial charge in [0.05, 0.1) is 23.5 Å². The number of likely N-dealkylation sites (tertiary alicyclic amines) is 1. The second-order valence-electron chi connectivity index (χ2n) is 9.26. The molecular formula is C28H34ClN3O4S. The molecule has 3 aromatic rings. The summed E-state index contributed by atoms with van der Waals surface area (Å²) in [4.78, 5) is 17.5. The van der Waals surface area contributed by atoms with Crippen LogP contribution in [-0.4, -0.2) is 62.0 Å². The molecule has 2 atom stereocenters. The number of amides is 1. The normalized spacial score (nSPS) is 16.6. The number of aliphatic hydroxyl groups excluding tert-OH is 1. The van der Waals surface area contributed by atoms with Gasteiger partial charge in [0.25, 0.3) is 0 Å². The zero-order chi connectivity index (χ0) is 25.5. The molecule has 1 heterocycles. The molecule has 3 aromatic carbocycles. The van der Waals surface area contributed by atoms with E-state index in [-0.39, 0.29) is 48.3 Å². The Bertz CT molecular complexity index is 1240. The van der Waals surface area contributed by atoms with Gasteiger partial charge < -0.3 is 10.0 Å². The highest BCUT2D eigenvalue weighted by Crippen LogP contribution is 2.24. The van der Waals surface area contributed by atoms with Crippen molar-refractivity contribution in [3.8, 4) is 0 Å². The molecule has 9 heteroatoms. The molecule has 4 rings (SSSR count). The van der Waals surface area contributed by atoms with Gasteiger partial charge in [0.15, 0.2) is 0 Å². The van der Waals surface area contributed by atoms with E-state index in [1.165, 1.54) is 0 Å². The first-order chi connectivity index (χ1) is 17.3. The molecule has 0 aromatic heterocycles. The van der Waals surface area contributed by atoms with Crippen molar-refractivity contribution < 1.29 is 18.3 Å². The van der Waals surface area contributed by atoms with Crippen molar-refractivity contribution in [3.05, 3.63) is 102 Å². The summed E-state index contributed by atoms with van der Waals surface area (Å²) in [6.07, 6.45) is 0.698. The average Bonchev–Trinajstić information content (AvgIpc) is 3.32. The quantitative estimate of drug-likeness (QED) is 0.409. The maximum Gasteiger partial charge on any atom is 0.240 e. The Balaban J connectivity index is 0.00000380. The Morgan fingerprint density at radius 1 is 1.00 bits per heavy atom. The predicted molar refractivity (Wildman–Crippen MR) is 147 cm³/mol. The molecule has 0 aliphatic carbocycles. The Hall–Kier alpha value is -2.75. The third kappa shape index (κ3) is 7.87. The van der Waals surface area contributed by atoms with Crippen LogP contribution >= 0.6 is 12.4 Å². The summed E-state index contributed by atoms with van der Waals surface area (Å²) in [6, 6.07) is 25.6. The number of benzene rings is 3. The molecule has 0 unspecified atom stereocenters. The van der Waals surface area contributed by atoms with Crippen LogP contribution in [0.1, 0.15) is 29.2 Å². The van der Waals surface area contributed by atoms with Crippen LogP contribution in [0.5, 0.6) is 0 Å². The van der Waals surface area contributed by atoms with Crippen molar-refractivity contribution in [1.29, 1.82) is 0 Å². The van der Waals surface area contributed by atoms with Crippen LogP contribution in [-0.2, 0) is 27.8 Å². The lowest BCUT2D eigenvalue weighted by molar-refractivity contribution is -0.131. The largest absolute Gasteiger partial charge is 0.392 e. The standard InChI is InChI=1S/C28H33N3O4S.ClH/c1-30(27(24-8-4-2-5-9-24)21-31-17-16-25(32)20-31)28(33)18-22-12-14-23(15-13-22)19-29-36(34,35)26-10-6-3-7-11-26;/h2-15,25,27,29,32H,16-21H2,1H3;1H/t25-,27+;/m0./s1. The smallest absolute Gasteiger partial charge is 0.240 e. The van der Waals surface area contributed by atoms with E-state index >= 15 is 0 Å². The monoisotopic (exact) mass is 543 g/mol. The van der Waals surface area contributed by atoms with Gasteiger partial charge in [-0.25, -0.2) is 13.1 Å². The summed E-state index contributed by atoms with van der Waals surface area (Å²) < 4.78 is 27.5. The number of rotatable bonds is 10. The van der Waals surface area contributed by atoms with E-state index in [0.717, 1.165) is 29.7 Å². The van der Waals surface area contributed by atoms with Gasteiger partial charge >= 0.3 is 0 Å². The van der Waals surface area contributed by atoms with Gasteiger partial charge in [0.1, 0.15) is 0 Å². The predicted octanol–water partition coefficient (Wildman–Crippen LogP) is 3.40. The number of halogens is 1. The number of carbonyl (C=O) groups is 1. The summed E-state index contributed by atoms with van der Waals surface area (Å²) >= 11 is 0. The average molecular weight is 544 g/mol. The highest BCUT2D eigenvalue weighted by atomic mass is 35.5. The van der Waals surface area contributed by atoms with Crippen molar-refractivity contribution in [3.63, 3.8) is 0 Å². The topological polar surface area (TPSA) is 90.0 Å². The van der Waals surface area contributed by atoms with E-state index in [9.17, 15) is 18.3 Å². The number of hydrogen-bond acceptors (Lipinski definition) is 5. The lowest BCUT2D eigenvalue weighted by Gasteiger charge is -2.32. The Morgan fingerprint density at radius 2 is 1.59 bits per heavy atom. The van der Waals surface area contributed by atoms with E-state index in [1.54, 1.807) is 35.2 Å². The van der Waals surface area contributed by atoms with Gasteiger partial charge in [-0.15, -0.1) is 12.4 Å². The number of nitrogens with zero attached hydrogens (tertiary/aromatic N) is 2. The highest BCUT2D eigenvalue weighted by molar-refractivity contribution is 7.89. The lowest BCUT2D eigenvalue weighted by atomic mass is 10.0. The molecule has 1 fully saturated rings. The minimum Gasteiger partial charge on any atom is -0.392 e. The Morgan fingerprint density at radius 3 is 2.19 bits per heavy atom. The maximum atomic E-state index is 13.2. The fourth-order valence-electron chi connectivity index (χ4n) is 4.46. The van der Waals surface area contributed by atoms with Gasteiger partial charge in [-0.2, -0.15) is 0 Å². The van der Waals surface area contributed by atoms with Crippen LogP contribution in [0, 0.1) is 0 Å². The number of nitrogens with one attached hydrogen (secondary N) is 1. The molecule has 1 aliphatic heterocycles. The second kappa shape index (κ2) is 13.2. The first-order valence-corrected chi connectivity index (χ1v) is 13.6. The molecule has 0 radical (unpaired) electrons. The fourth-order valence-corrected chi connectivity index (χ4v) is 5.50. The lowest BCUT2D eigenvalue weighted by Crippen LogP contribution is -2.39. The summed E-state index contributed by atoms with van der Waals surface area (Å²) in [5, 5.41) is 9.93. The van der Waals surface area contributed by atoms with Crippen molar-refractivity contribution in [2.45, 2.75) is 36.4 Å². The van der Waals surface area contributed by atoms with Crippen LogP contribution in [0.4, 0.5) is 0 Å². The Kier molecular flexibility index (Phi) is 10.3. The fraction of sp³-hybridized carbons (Fsp3) is 0.321. The van der Waals surface area contributed by atoms with Gasteiger partial charge in [0, 0.05) is 33.2 Å². The molecule has 1 amide bonds. The number of hydrogen-bond donors (Lipinski definition) is 2. The minimum atomic E-state index is -3.58. The van der Waals surface area contributed by atoms with Crippen LogP contribution < -0.4 is 4.72 Å². The summed E-state index contributed by atoms with van der Waals surface area (Å²) in [6.45, 7) is 2.29. The molecule has 0 saturated carbocycles. The van der Waals surface area contributed by atoms with Crippen molar-refractivity contribution in [2.75, 3.05) is 26.7 Å². The van der Waals surface area contributed by atoms with E-state index < -0.39 is 10.0 Å². The highest BCUT2D eigenvalue weighted by Gasteiger charge is 2.28. The number of carbonyl (C=O) groups excluding carboxylic acids is 1. The number of sulfonamides is 1. The second-order valence-corrected chi connectivity index (χ2v) is 11.0. The molecule has 1 saturated heterocycles. The van der Waals surface area contributed by atoms with Crippen LogP contribution in [0.3, 0.4) is 0 Å². The van der Waals surface area contributed by atoms with Crippen LogP contribution in [0.25, 0.3) is 0 Å². The molecule has 198 valence electrons. The zero-order valence-electron chi connectivity index (χ0n) is 20.9. The van der Waals surface area contributed by atoms with Crippen LogP contribution in [0.15, 0.2) is 89.8 Å². The van der Waals surface area contributed by atoms with Gasteiger partial charge in [-0.1, -0.05) is 72.8 Å². The zero-order valence-corrected chi connectivity index (χ0v) is 22.5. The molecule has 1 aliphatic rings. The van der Waals surface area contributed by atoms with E-state index in [1.807, 2.05) is 61.6 Å². The van der Waals surface area contributed by atoms with Gasteiger partial charge in [0.2, 0.25) is 15.9 Å². The van der Waals surface area contributed by atoms with Gasteiger partial charge in [-0.05, 0) is 35.2 Å². The van der Waals surface area contributed by atoms with E-state index in [4.69, 9.17) is 0 Å². The van der Waals surface area contributed by atoms with Crippen molar-refractivity contribution >= 4 is 28.3 Å². The molecule has 0 spiro atoms. The van der Waals surface area contributed by atoms with Crippen LogP contribution in [0.2, 0.25) is 0 Å². The van der Waals surface area contributed by atoms with E-state index in [0.29, 0.717) is 13.1 Å². The summed E-state index contributed by atoms with van der Waals surface area (Å²) in [5.74, 6) is 0.00105. The third-order valence-corrected chi connectivity index (χ3v) is 8.04. The molecule has 37 heavy (non-hydrogen) atoms. The number of aliphatic hydroxyl groups is 1. The molecule has 7 nitrogen and oxygen atoms in total. The van der Waals surface area contributed by atoms with Gasteiger partial charge in [-0.3, -0.25) is 9.69 Å². The van der Waals surface area contributed by atoms with E-state index in [2.05, 4.69) is 9.62 Å². The number of β-amino-alcohol motifs (C(OH)–C–C–N with tert-alkyl or cyclic N) is 1. The number of likely N-dealkylation sites (N-methyl/N-ethyl adjacent to an activating group) is 1. The maximum absolute atomic E-state index is 13.2. The van der Waals surface area contributed by atoms with Crippen molar-refractivity contribution in [2.24, 2.45) is 0 Å². The van der Waals surface area contributed by atoms with Crippen molar-refractivity contribution in [1.82, 2.24) is 14.5 Å². The first kappa shape index (κ1) is 28.8. The molecular weight excluding hydrogens is 510 g/mol. The first-order valence-electron chi connectivity index (χ1n) is 12.2. The summed E-state index contributed by atoms with van der Waals surface area (Å²) in [7, 11) is -1.75. The Labute approximate surface area is 225 Å². The third-order valence-electron chi connectivity index (χ3n) is 6.62. The minimum absolute atomic E-state index is 0. The molecule has 2 N–H and O–H groups in total.